The molecule has 4 atom stereocenters. The van der Waals surface area contributed by atoms with Crippen molar-refractivity contribution in [3.8, 4) is 0 Å². The number of hydrogen-bond donors (Lipinski definition) is 2. The van der Waals surface area contributed by atoms with Gasteiger partial charge in [0.25, 0.3) is 5.91 Å². The molecular formula is C21H34N6O7PS2+. The quantitative estimate of drug-likeness (QED) is 0.137. The smallest absolute Gasteiger partial charge is 0.455 e. The van der Waals surface area contributed by atoms with E-state index < -0.39 is 47.1 Å². The van der Waals surface area contributed by atoms with E-state index in [1.165, 1.54) is 23.8 Å². The van der Waals surface area contributed by atoms with Crippen molar-refractivity contribution in [1.82, 2.24) is 25.5 Å². The molecule has 0 aliphatic carbocycles. The zero-order chi connectivity index (χ0) is 27.8. The number of nitrogens with one attached hydrogen (secondary N) is 1. The number of amides is 1. The zero-order valence-corrected chi connectivity index (χ0v) is 24.7. The number of nitrogens with zero attached hydrogens (tertiary/aromatic N) is 4. The molecule has 3 rings (SSSR count). The summed E-state index contributed by atoms with van der Waals surface area (Å²) in [6.07, 6.45) is -0.167. The summed E-state index contributed by atoms with van der Waals surface area (Å²) in [4.78, 5) is 26.7. The summed E-state index contributed by atoms with van der Waals surface area (Å²) in [6, 6.07) is 0. The number of esters is 1. The number of tetrazole rings is 1. The maximum Gasteiger partial charge on any atom is 0.513 e. The van der Waals surface area contributed by atoms with Gasteiger partial charge < -0.3 is 14.2 Å². The van der Waals surface area contributed by atoms with Crippen LogP contribution in [0, 0.1) is 0 Å². The van der Waals surface area contributed by atoms with E-state index in [1.807, 2.05) is 0 Å². The Labute approximate surface area is 225 Å². The molecule has 2 unspecified atom stereocenters. The van der Waals surface area contributed by atoms with E-state index in [9.17, 15) is 14.2 Å². The third-order valence-corrected chi connectivity index (χ3v) is 9.32. The van der Waals surface area contributed by atoms with E-state index in [-0.39, 0.29) is 29.4 Å². The maximum atomic E-state index is 13.6. The number of H-pyrrole nitrogens is 1. The Bertz CT molecular complexity index is 1070. The molecule has 2 aliphatic heterocycles. The fraction of sp³-hybridized carbons (Fsp3) is 0.762. The molecule has 206 valence electrons. The van der Waals surface area contributed by atoms with Gasteiger partial charge in [-0.2, -0.15) is 5.21 Å². The molecule has 2 aliphatic rings. The minimum absolute atomic E-state index is 0.0367. The van der Waals surface area contributed by atoms with Crippen molar-refractivity contribution in [2.24, 2.45) is 5.73 Å². The number of β-lactam (4-membered cyclic amide) rings is 1. The standard InChI is InChI=1S/C21H34N6O7PS2/c1-9-32-20(37-17-23-25-26-24-17,11-35(30)34-19(5,6)7)12-10-36-16-21(22,31-8)15(29)27(16)13(12)14(28)33-18(2,3)4/h16H,9-11,22H2,1-8H3,(H,23,24,25,26)/q+1/t16-,20?,21+/m1/s1. The first-order chi connectivity index (χ1) is 17.1. The van der Waals surface area contributed by atoms with Crippen molar-refractivity contribution >= 4 is 43.4 Å². The summed E-state index contributed by atoms with van der Waals surface area (Å²) in [6.45, 7) is 12.5. The lowest BCUT2D eigenvalue weighted by molar-refractivity contribution is -0.185. The van der Waals surface area contributed by atoms with Crippen LogP contribution in [-0.2, 0) is 32.9 Å². The second-order valence-electron chi connectivity index (χ2n) is 10.3. The SMILES string of the molecule is CCOC(C[P+](=O)OC(C)(C)C)(Sc1nn[nH]n1)C1=C(C(=O)OC(C)(C)C)N2C(=O)[C@](N)(OC)[C@H]2SC1. The number of aromatic nitrogens is 4. The van der Waals surface area contributed by atoms with E-state index in [1.54, 1.807) is 48.5 Å². The Balaban J connectivity index is 2.21. The summed E-state index contributed by atoms with van der Waals surface area (Å²) < 4.78 is 36.3. The van der Waals surface area contributed by atoms with Gasteiger partial charge in [0.15, 0.2) is 4.93 Å². The second kappa shape index (κ2) is 10.9. The average Bonchev–Trinajstić information content (AvgIpc) is 3.27. The van der Waals surface area contributed by atoms with Gasteiger partial charge in [-0.1, -0.05) is 0 Å². The van der Waals surface area contributed by atoms with Gasteiger partial charge in [0, 0.05) is 25.0 Å². The fourth-order valence-corrected chi connectivity index (χ4v) is 8.17. The van der Waals surface area contributed by atoms with E-state index in [0.717, 1.165) is 11.8 Å². The van der Waals surface area contributed by atoms with Gasteiger partial charge in [0.05, 0.1) is 0 Å². The molecule has 0 bridgehead atoms. The van der Waals surface area contributed by atoms with Crippen LogP contribution in [0.5, 0.6) is 0 Å². The van der Waals surface area contributed by atoms with Crippen molar-refractivity contribution in [3.63, 3.8) is 0 Å². The molecule has 1 fully saturated rings. The van der Waals surface area contributed by atoms with Gasteiger partial charge in [0.2, 0.25) is 17.0 Å². The minimum Gasteiger partial charge on any atom is -0.455 e. The highest BCUT2D eigenvalue weighted by Crippen LogP contribution is 2.53. The predicted octanol–water partition coefficient (Wildman–Crippen LogP) is 2.39. The van der Waals surface area contributed by atoms with Crippen LogP contribution in [0.15, 0.2) is 16.4 Å². The Kier molecular flexibility index (Phi) is 8.80. The summed E-state index contributed by atoms with van der Waals surface area (Å²) in [5.41, 5.74) is 3.38. The Morgan fingerprint density at radius 1 is 1.30 bits per heavy atom. The van der Waals surface area contributed by atoms with E-state index >= 15 is 0 Å². The van der Waals surface area contributed by atoms with Crippen LogP contribution in [0.4, 0.5) is 0 Å². The highest BCUT2D eigenvalue weighted by molar-refractivity contribution is 8.01. The normalized spacial score (nSPS) is 24.4. The largest absolute Gasteiger partial charge is 0.513 e. The lowest BCUT2D eigenvalue weighted by atomic mass is 9.97. The average molecular weight is 578 g/mol. The number of carbonyl (C=O) groups is 2. The Morgan fingerprint density at radius 2 is 1.97 bits per heavy atom. The number of thioether (sulfide) groups is 2. The fourth-order valence-electron chi connectivity index (χ4n) is 3.78. The number of ether oxygens (including phenoxy) is 3. The zero-order valence-electron chi connectivity index (χ0n) is 22.2. The first-order valence-corrected chi connectivity index (χ1v) is 14.8. The van der Waals surface area contributed by atoms with Crippen LogP contribution in [-0.4, -0.2) is 90.3 Å². The highest BCUT2D eigenvalue weighted by atomic mass is 32.2. The molecule has 16 heteroatoms. The molecule has 1 saturated heterocycles. The number of rotatable bonds is 10. The van der Waals surface area contributed by atoms with Gasteiger partial charge in [-0.15, -0.1) is 26.5 Å². The predicted molar refractivity (Wildman–Crippen MR) is 138 cm³/mol. The molecule has 1 aromatic rings. The number of fused-ring (bicyclic) bond motifs is 1. The van der Waals surface area contributed by atoms with E-state index in [2.05, 4.69) is 20.6 Å². The number of methoxy groups -OCH3 is 1. The monoisotopic (exact) mass is 577 g/mol. The van der Waals surface area contributed by atoms with Crippen LogP contribution < -0.4 is 5.73 Å². The number of aromatic amines is 1. The lowest BCUT2D eigenvalue weighted by Crippen LogP contribution is -2.79. The summed E-state index contributed by atoms with van der Waals surface area (Å²) in [7, 11) is -0.970. The summed E-state index contributed by atoms with van der Waals surface area (Å²) in [5, 5.41) is 13.6. The van der Waals surface area contributed by atoms with Crippen molar-refractivity contribution < 1.29 is 32.9 Å². The second-order valence-corrected chi connectivity index (χ2v) is 13.8. The molecule has 1 aromatic heterocycles. The maximum absolute atomic E-state index is 13.6. The molecule has 13 nitrogen and oxygen atoms in total. The highest BCUT2D eigenvalue weighted by Gasteiger charge is 2.66. The van der Waals surface area contributed by atoms with Crippen molar-refractivity contribution in [2.45, 2.75) is 80.9 Å². The number of hydrogen-bond acceptors (Lipinski definition) is 13. The van der Waals surface area contributed by atoms with Crippen molar-refractivity contribution in [3.05, 3.63) is 11.3 Å². The summed E-state index contributed by atoms with van der Waals surface area (Å²) >= 11 is 2.32. The minimum atomic E-state index is -2.31. The Morgan fingerprint density at radius 3 is 2.49 bits per heavy atom. The van der Waals surface area contributed by atoms with Crippen LogP contribution in [0.1, 0.15) is 48.5 Å². The Hall–Kier alpha value is -1.61. The van der Waals surface area contributed by atoms with Gasteiger partial charge >= 0.3 is 14.0 Å². The number of carbonyl (C=O) groups excluding carboxylic acids is 2. The molecule has 0 aromatic carbocycles. The van der Waals surface area contributed by atoms with Crippen LogP contribution in [0.25, 0.3) is 0 Å². The lowest BCUT2D eigenvalue weighted by Gasteiger charge is -2.55. The van der Waals surface area contributed by atoms with Gasteiger partial charge in [-0.05, 0) is 70.0 Å². The van der Waals surface area contributed by atoms with Gasteiger partial charge in [-0.25, -0.2) is 4.79 Å². The third-order valence-electron chi connectivity index (χ3n) is 5.13. The van der Waals surface area contributed by atoms with Gasteiger partial charge in [-0.3, -0.25) is 15.4 Å². The molecule has 37 heavy (non-hydrogen) atoms. The molecule has 0 saturated carbocycles. The first kappa shape index (κ1) is 29.9. The van der Waals surface area contributed by atoms with Gasteiger partial charge in [0.1, 0.15) is 22.3 Å². The van der Waals surface area contributed by atoms with Crippen molar-refractivity contribution in [2.75, 3.05) is 25.6 Å². The summed E-state index contributed by atoms with van der Waals surface area (Å²) in [5.74, 6) is -1.16. The molecule has 0 radical (unpaired) electrons. The molecule has 3 N–H and O–H groups in total. The molecule has 1 amide bonds. The molecule has 0 spiro atoms. The van der Waals surface area contributed by atoms with Crippen LogP contribution in [0.3, 0.4) is 0 Å². The number of nitrogens with two attached hydrogens (primary N) is 1. The first-order valence-electron chi connectivity index (χ1n) is 11.5. The van der Waals surface area contributed by atoms with E-state index in [0.29, 0.717) is 5.57 Å². The molecule has 3 heterocycles. The third kappa shape index (κ3) is 6.35. The van der Waals surface area contributed by atoms with Crippen molar-refractivity contribution in [1.29, 1.82) is 0 Å². The topological polar surface area (TPSA) is 172 Å². The van der Waals surface area contributed by atoms with Crippen LogP contribution >= 0.6 is 31.6 Å². The van der Waals surface area contributed by atoms with E-state index in [4.69, 9.17) is 24.5 Å². The molecular weight excluding hydrogens is 543 g/mol. The van der Waals surface area contributed by atoms with Crippen LogP contribution in [0.2, 0.25) is 0 Å².